The van der Waals surface area contributed by atoms with Crippen molar-refractivity contribution in [2.75, 3.05) is 0 Å². The zero-order chi connectivity index (χ0) is 14.4. The predicted octanol–water partition coefficient (Wildman–Crippen LogP) is 3.87. The summed E-state index contributed by atoms with van der Waals surface area (Å²) in [5, 5.41) is 3.37. The van der Waals surface area contributed by atoms with Crippen molar-refractivity contribution in [3.05, 3.63) is 35.4 Å². The maximum absolute atomic E-state index is 14.9. The second-order valence-corrected chi connectivity index (χ2v) is 6.07. The van der Waals surface area contributed by atoms with E-state index in [0.717, 1.165) is 25.0 Å². The third-order valence-corrected chi connectivity index (χ3v) is 4.36. The van der Waals surface area contributed by atoms with Gasteiger partial charge in [0, 0.05) is 18.5 Å². The van der Waals surface area contributed by atoms with E-state index in [4.69, 9.17) is 0 Å². The van der Waals surface area contributed by atoms with Gasteiger partial charge >= 0.3 is 6.18 Å². The highest BCUT2D eigenvalue weighted by Gasteiger charge is 2.44. The molecular weight excluding hydrogens is 270 g/mol. The summed E-state index contributed by atoms with van der Waals surface area (Å²) in [5.41, 5.74) is -1.32. The first-order valence-electron chi connectivity index (χ1n) is 6.95. The SMILES string of the molecule is FC1(Cc2ccc(C(F)(F)F)cc2)CC2CCC(C1)N2. The summed E-state index contributed by atoms with van der Waals surface area (Å²) in [7, 11) is 0. The van der Waals surface area contributed by atoms with Crippen molar-refractivity contribution in [3.63, 3.8) is 0 Å². The first-order valence-corrected chi connectivity index (χ1v) is 6.95. The molecule has 1 nitrogen and oxygen atoms in total. The minimum Gasteiger partial charge on any atom is -0.311 e. The summed E-state index contributed by atoms with van der Waals surface area (Å²) in [6, 6.07) is 5.33. The Morgan fingerprint density at radius 3 is 2.10 bits per heavy atom. The van der Waals surface area contributed by atoms with Crippen LogP contribution in [-0.4, -0.2) is 17.8 Å². The molecule has 0 aromatic heterocycles. The standard InChI is InChI=1S/C15H17F4N/c16-14(8-12-5-6-13(9-14)20-12)7-10-1-3-11(4-2-10)15(17,18)19/h1-4,12-13,20H,5-9H2. The highest BCUT2D eigenvalue weighted by Crippen LogP contribution is 2.39. The number of hydrogen-bond acceptors (Lipinski definition) is 1. The van der Waals surface area contributed by atoms with Crippen molar-refractivity contribution in [3.8, 4) is 0 Å². The number of fused-ring (bicyclic) bond motifs is 2. The predicted molar refractivity (Wildman–Crippen MR) is 68.2 cm³/mol. The smallest absolute Gasteiger partial charge is 0.311 e. The molecule has 0 spiro atoms. The van der Waals surface area contributed by atoms with Gasteiger partial charge in [0.05, 0.1) is 5.56 Å². The van der Waals surface area contributed by atoms with Gasteiger partial charge in [-0.25, -0.2) is 4.39 Å². The Bertz CT molecular complexity index is 468. The van der Waals surface area contributed by atoms with Gasteiger partial charge in [-0.15, -0.1) is 0 Å². The molecule has 2 heterocycles. The lowest BCUT2D eigenvalue weighted by molar-refractivity contribution is -0.137. The second kappa shape index (κ2) is 4.72. The number of halogens is 4. The van der Waals surface area contributed by atoms with Crippen LogP contribution >= 0.6 is 0 Å². The molecule has 3 rings (SSSR count). The maximum atomic E-state index is 14.9. The zero-order valence-electron chi connectivity index (χ0n) is 11.0. The van der Waals surface area contributed by atoms with Crippen LogP contribution in [-0.2, 0) is 12.6 Å². The van der Waals surface area contributed by atoms with Crippen LogP contribution in [0.2, 0.25) is 0 Å². The monoisotopic (exact) mass is 287 g/mol. The van der Waals surface area contributed by atoms with E-state index in [1.165, 1.54) is 12.1 Å². The summed E-state index contributed by atoms with van der Waals surface area (Å²) in [4.78, 5) is 0. The van der Waals surface area contributed by atoms with Gasteiger partial charge in [0.25, 0.3) is 0 Å². The van der Waals surface area contributed by atoms with E-state index in [9.17, 15) is 17.6 Å². The Morgan fingerprint density at radius 2 is 1.60 bits per heavy atom. The Morgan fingerprint density at radius 1 is 1.05 bits per heavy atom. The molecule has 0 radical (unpaired) electrons. The van der Waals surface area contributed by atoms with Crippen LogP contribution in [0.1, 0.15) is 36.8 Å². The van der Waals surface area contributed by atoms with Gasteiger partial charge in [-0.2, -0.15) is 13.2 Å². The van der Waals surface area contributed by atoms with Gasteiger partial charge < -0.3 is 5.32 Å². The normalized spacial score (nSPS) is 33.4. The highest BCUT2D eigenvalue weighted by atomic mass is 19.4. The fourth-order valence-corrected chi connectivity index (χ4v) is 3.51. The molecule has 1 aromatic rings. The molecule has 2 bridgehead atoms. The van der Waals surface area contributed by atoms with E-state index in [2.05, 4.69) is 5.32 Å². The number of benzene rings is 1. The van der Waals surface area contributed by atoms with Crippen molar-refractivity contribution >= 4 is 0 Å². The van der Waals surface area contributed by atoms with Gasteiger partial charge in [-0.3, -0.25) is 0 Å². The van der Waals surface area contributed by atoms with Crippen LogP contribution in [0.25, 0.3) is 0 Å². The molecule has 2 saturated heterocycles. The van der Waals surface area contributed by atoms with E-state index in [1.54, 1.807) is 0 Å². The van der Waals surface area contributed by atoms with Gasteiger partial charge in [0.15, 0.2) is 0 Å². The lowest BCUT2D eigenvalue weighted by atomic mass is 9.84. The minimum absolute atomic E-state index is 0.208. The molecular formula is C15H17F4N. The zero-order valence-corrected chi connectivity index (χ0v) is 11.0. The van der Waals surface area contributed by atoms with Crippen LogP contribution in [0.15, 0.2) is 24.3 Å². The summed E-state index contributed by atoms with van der Waals surface area (Å²) in [6.07, 6.45) is -1.19. The summed E-state index contributed by atoms with van der Waals surface area (Å²) in [6.45, 7) is 0. The second-order valence-electron chi connectivity index (χ2n) is 6.07. The maximum Gasteiger partial charge on any atom is 0.416 e. The number of nitrogens with one attached hydrogen (secondary N) is 1. The van der Waals surface area contributed by atoms with E-state index < -0.39 is 17.4 Å². The fraction of sp³-hybridized carbons (Fsp3) is 0.600. The van der Waals surface area contributed by atoms with Gasteiger partial charge in [0.2, 0.25) is 0 Å². The Balaban J connectivity index is 1.71. The lowest BCUT2D eigenvalue weighted by Gasteiger charge is -2.35. The Kier molecular flexibility index (Phi) is 3.27. The number of hydrogen-bond donors (Lipinski definition) is 1. The van der Waals surface area contributed by atoms with E-state index in [0.29, 0.717) is 18.4 Å². The highest BCUT2D eigenvalue weighted by molar-refractivity contribution is 5.26. The molecule has 2 aliphatic rings. The summed E-state index contributed by atoms with van der Waals surface area (Å²) in [5.74, 6) is 0. The van der Waals surface area contributed by atoms with E-state index in [1.807, 2.05) is 0 Å². The number of piperidine rings is 1. The quantitative estimate of drug-likeness (QED) is 0.814. The van der Waals surface area contributed by atoms with Crippen molar-refractivity contribution < 1.29 is 17.6 Å². The van der Waals surface area contributed by atoms with Crippen LogP contribution < -0.4 is 5.32 Å². The third-order valence-electron chi connectivity index (χ3n) is 4.36. The van der Waals surface area contributed by atoms with Gasteiger partial charge in [-0.1, -0.05) is 12.1 Å². The third kappa shape index (κ3) is 2.82. The first kappa shape index (κ1) is 13.9. The van der Waals surface area contributed by atoms with E-state index in [-0.39, 0.29) is 18.5 Å². The molecule has 5 heteroatoms. The van der Waals surface area contributed by atoms with Crippen LogP contribution in [0.5, 0.6) is 0 Å². The van der Waals surface area contributed by atoms with E-state index >= 15 is 0 Å². The largest absolute Gasteiger partial charge is 0.416 e. The summed E-state index contributed by atoms with van der Waals surface area (Å²) < 4.78 is 52.3. The van der Waals surface area contributed by atoms with Crippen LogP contribution in [0.4, 0.5) is 17.6 Å². The Labute approximate surface area is 115 Å². The molecule has 2 fully saturated rings. The molecule has 1 N–H and O–H groups in total. The lowest BCUT2D eigenvalue weighted by Crippen LogP contribution is -2.47. The number of rotatable bonds is 2. The molecule has 2 atom stereocenters. The number of alkyl halides is 4. The Hall–Kier alpha value is -1.10. The molecule has 110 valence electrons. The molecule has 0 aliphatic carbocycles. The molecule has 0 amide bonds. The van der Waals surface area contributed by atoms with Crippen molar-refractivity contribution in [2.24, 2.45) is 0 Å². The van der Waals surface area contributed by atoms with Crippen molar-refractivity contribution in [2.45, 2.75) is 56.0 Å². The fourth-order valence-electron chi connectivity index (χ4n) is 3.51. The average molecular weight is 287 g/mol. The molecule has 0 saturated carbocycles. The van der Waals surface area contributed by atoms with Crippen molar-refractivity contribution in [1.82, 2.24) is 5.32 Å². The summed E-state index contributed by atoms with van der Waals surface area (Å²) >= 11 is 0. The van der Waals surface area contributed by atoms with Gasteiger partial charge in [-0.05, 0) is 43.4 Å². The van der Waals surface area contributed by atoms with Crippen LogP contribution in [0.3, 0.4) is 0 Å². The van der Waals surface area contributed by atoms with Crippen molar-refractivity contribution in [1.29, 1.82) is 0 Å². The molecule has 2 unspecified atom stereocenters. The molecule has 2 aliphatic heterocycles. The topological polar surface area (TPSA) is 12.0 Å². The molecule has 1 aromatic carbocycles. The van der Waals surface area contributed by atoms with Crippen LogP contribution in [0, 0.1) is 0 Å². The molecule has 20 heavy (non-hydrogen) atoms. The minimum atomic E-state index is -4.33. The average Bonchev–Trinajstić information content (AvgIpc) is 2.68. The first-order chi connectivity index (χ1) is 9.34. The van der Waals surface area contributed by atoms with Gasteiger partial charge in [0.1, 0.15) is 5.67 Å².